The van der Waals surface area contributed by atoms with E-state index in [1.165, 1.54) is 6.07 Å². The maximum absolute atomic E-state index is 11.6. The second kappa shape index (κ2) is 4.62. The van der Waals surface area contributed by atoms with Gasteiger partial charge in [0.2, 0.25) is 0 Å². The number of fused-ring (bicyclic) bond motifs is 1. The van der Waals surface area contributed by atoms with Crippen LogP contribution in [0.5, 0.6) is 0 Å². The number of aromatic nitrogens is 2. The first-order valence-electron chi connectivity index (χ1n) is 5.98. The number of nitrogens with zero attached hydrogens (tertiary/aromatic N) is 1. The molecular weight excluding hydrogens is 256 g/mol. The normalized spacial score (nSPS) is 10.6. The molecule has 0 saturated carbocycles. The molecule has 3 aromatic rings. The van der Waals surface area contributed by atoms with Crippen LogP contribution in [0.25, 0.3) is 22.2 Å². The molecule has 0 radical (unpaired) electrons. The van der Waals surface area contributed by atoms with E-state index < -0.39 is 11.7 Å². The quantitative estimate of drug-likeness (QED) is 0.745. The molecule has 0 aliphatic carbocycles. The molecular formula is C15H10N2O3. The van der Waals surface area contributed by atoms with Gasteiger partial charge >= 0.3 is 11.7 Å². The summed E-state index contributed by atoms with van der Waals surface area (Å²) in [5, 5.41) is 9.74. The summed E-state index contributed by atoms with van der Waals surface area (Å²) < 4.78 is 0. The van der Waals surface area contributed by atoms with Crippen LogP contribution in [0.15, 0.2) is 53.3 Å². The van der Waals surface area contributed by atoms with Crippen LogP contribution in [0.1, 0.15) is 10.4 Å². The van der Waals surface area contributed by atoms with Crippen molar-refractivity contribution in [3.63, 3.8) is 0 Å². The van der Waals surface area contributed by atoms with Crippen LogP contribution in [0.4, 0.5) is 0 Å². The van der Waals surface area contributed by atoms with Crippen LogP contribution in [0.2, 0.25) is 0 Å². The van der Waals surface area contributed by atoms with Crippen LogP contribution in [-0.4, -0.2) is 21.0 Å². The van der Waals surface area contributed by atoms with E-state index in [0.29, 0.717) is 22.2 Å². The third-order valence-electron chi connectivity index (χ3n) is 3.03. The number of carboxylic acids is 1. The van der Waals surface area contributed by atoms with E-state index in [0.717, 1.165) is 0 Å². The zero-order chi connectivity index (χ0) is 14.1. The fraction of sp³-hybridized carbons (Fsp3) is 0. The number of nitrogens with one attached hydrogen (secondary N) is 1. The first-order valence-corrected chi connectivity index (χ1v) is 5.98. The fourth-order valence-electron chi connectivity index (χ4n) is 2.20. The first-order chi connectivity index (χ1) is 9.66. The van der Waals surface area contributed by atoms with Crippen molar-refractivity contribution in [1.82, 2.24) is 9.97 Å². The van der Waals surface area contributed by atoms with Crippen molar-refractivity contribution in [3.8, 4) is 11.3 Å². The molecule has 1 heterocycles. The van der Waals surface area contributed by atoms with Gasteiger partial charge in [-0.2, -0.15) is 4.98 Å². The molecule has 98 valence electrons. The molecule has 2 N–H and O–H groups in total. The van der Waals surface area contributed by atoms with Crippen molar-refractivity contribution in [2.75, 3.05) is 0 Å². The number of aromatic amines is 1. The lowest BCUT2D eigenvalue weighted by molar-refractivity contribution is 0.0699. The minimum atomic E-state index is -1.05. The van der Waals surface area contributed by atoms with Crippen molar-refractivity contribution in [2.45, 2.75) is 0 Å². The van der Waals surface area contributed by atoms with Crippen LogP contribution in [0, 0.1) is 0 Å². The topological polar surface area (TPSA) is 83.0 Å². The van der Waals surface area contributed by atoms with Gasteiger partial charge in [-0.05, 0) is 12.1 Å². The molecule has 0 aliphatic rings. The molecule has 0 spiro atoms. The largest absolute Gasteiger partial charge is 0.478 e. The molecule has 3 rings (SSSR count). The molecule has 0 aliphatic heterocycles. The molecule has 0 unspecified atom stereocenters. The number of hydrogen-bond acceptors (Lipinski definition) is 3. The molecule has 5 nitrogen and oxygen atoms in total. The highest BCUT2D eigenvalue weighted by Gasteiger charge is 2.15. The number of rotatable bonds is 2. The summed E-state index contributed by atoms with van der Waals surface area (Å²) in [6.45, 7) is 0. The smallest absolute Gasteiger partial charge is 0.345 e. The van der Waals surface area contributed by atoms with E-state index in [-0.39, 0.29) is 5.56 Å². The Labute approximate surface area is 113 Å². The van der Waals surface area contributed by atoms with Gasteiger partial charge in [0.05, 0.1) is 16.8 Å². The van der Waals surface area contributed by atoms with E-state index in [4.69, 9.17) is 0 Å². The van der Waals surface area contributed by atoms with Gasteiger partial charge in [0.25, 0.3) is 0 Å². The van der Waals surface area contributed by atoms with E-state index in [9.17, 15) is 14.7 Å². The first kappa shape index (κ1) is 12.1. The number of H-pyrrole nitrogens is 1. The van der Waals surface area contributed by atoms with E-state index >= 15 is 0 Å². The lowest BCUT2D eigenvalue weighted by Crippen LogP contribution is -2.13. The zero-order valence-electron chi connectivity index (χ0n) is 10.3. The average molecular weight is 266 g/mol. The molecule has 20 heavy (non-hydrogen) atoms. The van der Waals surface area contributed by atoms with Gasteiger partial charge in [0.1, 0.15) is 0 Å². The zero-order valence-corrected chi connectivity index (χ0v) is 10.3. The molecule has 1 aromatic heterocycles. The lowest BCUT2D eigenvalue weighted by Gasteiger charge is -2.08. The van der Waals surface area contributed by atoms with Gasteiger partial charge in [-0.3, -0.25) is 0 Å². The van der Waals surface area contributed by atoms with Crippen molar-refractivity contribution < 1.29 is 9.90 Å². The van der Waals surface area contributed by atoms with Gasteiger partial charge < -0.3 is 10.1 Å². The Balaban J connectivity index is 2.47. The van der Waals surface area contributed by atoms with Gasteiger partial charge in [-0.15, -0.1) is 0 Å². The monoisotopic (exact) mass is 266 g/mol. The van der Waals surface area contributed by atoms with Gasteiger partial charge in [-0.25, -0.2) is 9.59 Å². The van der Waals surface area contributed by atoms with Crippen LogP contribution >= 0.6 is 0 Å². The Morgan fingerprint density at radius 1 is 1.05 bits per heavy atom. The summed E-state index contributed by atoms with van der Waals surface area (Å²) in [5.41, 5.74) is 1.16. The van der Waals surface area contributed by atoms with Crippen molar-refractivity contribution in [2.24, 2.45) is 0 Å². The van der Waals surface area contributed by atoms with Crippen molar-refractivity contribution in [3.05, 3.63) is 64.6 Å². The number of aromatic carboxylic acids is 1. The second-order valence-electron chi connectivity index (χ2n) is 4.29. The number of carbonyl (C=O) groups is 1. The van der Waals surface area contributed by atoms with E-state index in [2.05, 4.69) is 9.97 Å². The minimum absolute atomic E-state index is 0.116. The summed E-state index contributed by atoms with van der Waals surface area (Å²) in [4.78, 5) is 29.5. The molecule has 0 atom stereocenters. The van der Waals surface area contributed by atoms with Crippen molar-refractivity contribution in [1.29, 1.82) is 0 Å². The third-order valence-corrected chi connectivity index (χ3v) is 3.03. The molecule has 0 bridgehead atoms. The maximum atomic E-state index is 11.6. The summed E-state index contributed by atoms with van der Waals surface area (Å²) in [5.74, 6) is -1.05. The van der Waals surface area contributed by atoms with Crippen LogP contribution in [-0.2, 0) is 0 Å². The standard InChI is InChI=1S/C15H10N2O3/c18-14(19)10-7-4-8-11-12(10)13(17-15(20)16-11)9-5-2-1-3-6-9/h1-8H,(H,18,19)(H,16,17,20). The Bertz CT molecular complexity index is 854. The highest BCUT2D eigenvalue weighted by Crippen LogP contribution is 2.27. The summed E-state index contributed by atoms with van der Waals surface area (Å²) in [6, 6.07) is 13.8. The summed E-state index contributed by atoms with van der Waals surface area (Å²) in [6.07, 6.45) is 0. The maximum Gasteiger partial charge on any atom is 0.345 e. The van der Waals surface area contributed by atoms with Gasteiger partial charge in [-0.1, -0.05) is 36.4 Å². The van der Waals surface area contributed by atoms with Crippen molar-refractivity contribution >= 4 is 16.9 Å². The third kappa shape index (κ3) is 1.95. The Morgan fingerprint density at radius 2 is 1.80 bits per heavy atom. The van der Waals surface area contributed by atoms with Crippen LogP contribution in [0.3, 0.4) is 0 Å². The Kier molecular flexibility index (Phi) is 2.80. The summed E-state index contributed by atoms with van der Waals surface area (Å²) >= 11 is 0. The lowest BCUT2D eigenvalue weighted by atomic mass is 10.0. The predicted octanol–water partition coefficient (Wildman–Crippen LogP) is 2.29. The Morgan fingerprint density at radius 3 is 2.50 bits per heavy atom. The van der Waals surface area contributed by atoms with E-state index in [1.807, 2.05) is 18.2 Å². The second-order valence-corrected chi connectivity index (χ2v) is 4.29. The summed E-state index contributed by atoms with van der Waals surface area (Å²) in [7, 11) is 0. The molecule has 0 saturated heterocycles. The molecule has 0 fully saturated rings. The predicted molar refractivity (Wildman–Crippen MR) is 74.8 cm³/mol. The average Bonchev–Trinajstić information content (AvgIpc) is 2.46. The highest BCUT2D eigenvalue weighted by molar-refractivity contribution is 6.07. The number of benzene rings is 2. The fourth-order valence-corrected chi connectivity index (χ4v) is 2.20. The molecule has 2 aromatic carbocycles. The minimum Gasteiger partial charge on any atom is -0.478 e. The number of carboxylic acid groups (broad SMARTS) is 1. The highest BCUT2D eigenvalue weighted by atomic mass is 16.4. The van der Waals surface area contributed by atoms with Gasteiger partial charge in [0, 0.05) is 10.9 Å². The number of hydrogen-bond donors (Lipinski definition) is 2. The van der Waals surface area contributed by atoms with Crippen LogP contribution < -0.4 is 5.69 Å². The SMILES string of the molecule is O=C(O)c1cccc2[nH]c(=O)nc(-c3ccccc3)c12. The molecule has 5 heteroatoms. The Hall–Kier alpha value is -2.95. The molecule has 0 amide bonds. The van der Waals surface area contributed by atoms with E-state index in [1.54, 1.807) is 24.3 Å². The van der Waals surface area contributed by atoms with Gasteiger partial charge in [0.15, 0.2) is 0 Å².